The molecule has 25 heavy (non-hydrogen) atoms. The minimum absolute atomic E-state index is 0.0408. The molecular weight excluding hydrogens is 314 g/mol. The largest absolute Gasteiger partial charge is 0.359 e. The molecule has 0 fully saturated rings. The van der Waals surface area contributed by atoms with Gasteiger partial charge in [0.1, 0.15) is 0 Å². The predicted octanol–water partition coefficient (Wildman–Crippen LogP) is 3.33. The van der Waals surface area contributed by atoms with Gasteiger partial charge in [-0.3, -0.25) is 9.59 Å². The maximum atomic E-state index is 12.7. The van der Waals surface area contributed by atoms with Gasteiger partial charge in [-0.2, -0.15) is 0 Å². The number of carbonyl (C=O) groups excluding carboxylic acids is 2. The third-order valence-electron chi connectivity index (χ3n) is 4.44. The fraction of sp³-hybridized carbons (Fsp3) is 0.200. The molecule has 3 N–H and O–H groups in total. The quantitative estimate of drug-likeness (QED) is 0.684. The Bertz CT molecular complexity index is 939. The van der Waals surface area contributed by atoms with E-state index in [9.17, 15) is 9.59 Å². The monoisotopic (exact) mass is 335 g/mol. The molecule has 128 valence electrons. The molecule has 0 saturated carbocycles. The lowest BCUT2D eigenvalue weighted by molar-refractivity contribution is -0.119. The van der Waals surface area contributed by atoms with Gasteiger partial charge in [0.15, 0.2) is 0 Å². The number of aromatic nitrogens is 1. The van der Waals surface area contributed by atoms with Gasteiger partial charge in [-0.15, -0.1) is 0 Å². The highest BCUT2D eigenvalue weighted by Crippen LogP contribution is 2.25. The molecule has 0 aliphatic heterocycles. The first kappa shape index (κ1) is 16.8. The van der Waals surface area contributed by atoms with Crippen molar-refractivity contribution in [2.45, 2.75) is 20.3 Å². The number of aromatic amines is 1. The van der Waals surface area contributed by atoms with Gasteiger partial charge >= 0.3 is 0 Å². The highest BCUT2D eigenvalue weighted by atomic mass is 16.2. The van der Waals surface area contributed by atoms with Crippen LogP contribution in [0.5, 0.6) is 0 Å². The number of hydrogen-bond donors (Lipinski definition) is 3. The lowest BCUT2D eigenvalue weighted by atomic mass is 10.1. The second-order valence-corrected chi connectivity index (χ2v) is 6.10. The van der Waals surface area contributed by atoms with Crippen LogP contribution in [0.15, 0.2) is 42.5 Å². The van der Waals surface area contributed by atoms with Crippen molar-refractivity contribution in [1.82, 2.24) is 10.3 Å². The smallest absolute Gasteiger partial charge is 0.257 e. The van der Waals surface area contributed by atoms with Gasteiger partial charge in [0.25, 0.3) is 5.91 Å². The zero-order valence-corrected chi connectivity index (χ0v) is 14.6. The Morgan fingerprint density at radius 3 is 2.44 bits per heavy atom. The molecular formula is C20H21N3O2. The van der Waals surface area contributed by atoms with Crippen LogP contribution in [0, 0.1) is 13.8 Å². The molecule has 0 saturated heterocycles. The molecule has 0 bridgehead atoms. The molecule has 0 spiro atoms. The minimum atomic E-state index is -0.161. The van der Waals surface area contributed by atoms with E-state index in [1.807, 2.05) is 56.3 Å². The standard InChI is InChI=1S/C20H21N3O2/c1-12-13(2)22-19-16(12)5-4-6-17(19)20(25)23-15-9-7-14(8-10-15)11-18(24)21-3/h4-10,22H,11H2,1-3H3,(H,21,24)(H,23,25). The number of likely N-dealkylation sites (N-methyl/N-ethyl adjacent to an activating group) is 1. The van der Waals surface area contributed by atoms with Crippen LogP contribution in [-0.4, -0.2) is 23.8 Å². The third kappa shape index (κ3) is 3.40. The third-order valence-corrected chi connectivity index (χ3v) is 4.44. The number of aryl methyl sites for hydroxylation is 2. The van der Waals surface area contributed by atoms with Gasteiger partial charge in [0.05, 0.1) is 17.5 Å². The number of H-pyrrole nitrogens is 1. The van der Waals surface area contributed by atoms with Crippen LogP contribution in [-0.2, 0) is 11.2 Å². The topological polar surface area (TPSA) is 74.0 Å². The molecule has 1 aromatic heterocycles. The van der Waals surface area contributed by atoms with Gasteiger partial charge in [-0.25, -0.2) is 0 Å². The summed E-state index contributed by atoms with van der Waals surface area (Å²) < 4.78 is 0. The molecule has 0 aliphatic rings. The van der Waals surface area contributed by atoms with Crippen molar-refractivity contribution < 1.29 is 9.59 Å². The molecule has 5 nitrogen and oxygen atoms in total. The predicted molar refractivity (Wildman–Crippen MR) is 99.9 cm³/mol. The van der Waals surface area contributed by atoms with Crippen LogP contribution in [0.25, 0.3) is 10.9 Å². The molecule has 2 aromatic carbocycles. The summed E-state index contributed by atoms with van der Waals surface area (Å²) in [5, 5.41) is 6.57. The van der Waals surface area contributed by atoms with E-state index >= 15 is 0 Å². The summed E-state index contributed by atoms with van der Waals surface area (Å²) in [6.07, 6.45) is 0.324. The first-order valence-electron chi connectivity index (χ1n) is 8.18. The Morgan fingerprint density at radius 2 is 1.76 bits per heavy atom. The lowest BCUT2D eigenvalue weighted by Crippen LogP contribution is -2.19. The summed E-state index contributed by atoms with van der Waals surface area (Å²) in [6.45, 7) is 4.04. The average molecular weight is 335 g/mol. The van der Waals surface area contributed by atoms with E-state index in [0.717, 1.165) is 27.7 Å². The summed E-state index contributed by atoms with van der Waals surface area (Å²) in [7, 11) is 1.61. The minimum Gasteiger partial charge on any atom is -0.359 e. The summed E-state index contributed by atoms with van der Waals surface area (Å²) in [5.41, 5.74) is 5.28. The van der Waals surface area contributed by atoms with Crippen LogP contribution in [0.1, 0.15) is 27.2 Å². The van der Waals surface area contributed by atoms with Crippen LogP contribution < -0.4 is 10.6 Å². The Balaban J connectivity index is 1.81. The summed E-state index contributed by atoms with van der Waals surface area (Å²) in [5.74, 6) is -0.202. The highest BCUT2D eigenvalue weighted by molar-refractivity contribution is 6.12. The second kappa shape index (κ2) is 6.81. The van der Waals surface area contributed by atoms with Gasteiger partial charge in [-0.05, 0) is 43.2 Å². The Hall–Kier alpha value is -3.08. The second-order valence-electron chi connectivity index (χ2n) is 6.10. The van der Waals surface area contributed by atoms with Crippen LogP contribution in [0.2, 0.25) is 0 Å². The highest BCUT2D eigenvalue weighted by Gasteiger charge is 2.14. The number of amides is 2. The molecule has 1 heterocycles. The van der Waals surface area contributed by atoms with Crippen molar-refractivity contribution >= 4 is 28.4 Å². The number of anilines is 1. The SMILES string of the molecule is CNC(=O)Cc1ccc(NC(=O)c2cccc3c(C)c(C)[nH]c23)cc1. The van der Waals surface area contributed by atoms with E-state index in [-0.39, 0.29) is 11.8 Å². The molecule has 0 radical (unpaired) electrons. The van der Waals surface area contributed by atoms with Gasteiger partial charge in [-0.1, -0.05) is 24.3 Å². The molecule has 0 unspecified atom stereocenters. The fourth-order valence-corrected chi connectivity index (χ4v) is 2.85. The van der Waals surface area contributed by atoms with E-state index < -0.39 is 0 Å². The number of nitrogens with one attached hydrogen (secondary N) is 3. The summed E-state index contributed by atoms with van der Waals surface area (Å²) in [4.78, 5) is 27.4. The zero-order valence-electron chi connectivity index (χ0n) is 14.6. The molecule has 3 aromatic rings. The number of rotatable bonds is 4. The number of hydrogen-bond acceptors (Lipinski definition) is 2. The first-order valence-corrected chi connectivity index (χ1v) is 8.18. The Morgan fingerprint density at radius 1 is 1.04 bits per heavy atom. The van der Waals surface area contributed by atoms with Crippen molar-refractivity contribution in [3.05, 3.63) is 64.8 Å². The van der Waals surface area contributed by atoms with Crippen molar-refractivity contribution in [2.75, 3.05) is 12.4 Å². The molecule has 5 heteroatoms. The van der Waals surface area contributed by atoms with Crippen LogP contribution in [0.3, 0.4) is 0 Å². The van der Waals surface area contributed by atoms with Crippen LogP contribution in [0.4, 0.5) is 5.69 Å². The molecule has 3 rings (SSSR count). The molecule has 0 atom stereocenters. The maximum absolute atomic E-state index is 12.7. The Labute approximate surface area is 146 Å². The summed E-state index contributed by atoms with van der Waals surface area (Å²) in [6, 6.07) is 13.0. The fourth-order valence-electron chi connectivity index (χ4n) is 2.85. The van der Waals surface area contributed by atoms with Crippen molar-refractivity contribution in [3.8, 4) is 0 Å². The molecule has 0 aliphatic carbocycles. The van der Waals surface area contributed by atoms with Gasteiger partial charge in [0, 0.05) is 23.8 Å². The zero-order chi connectivity index (χ0) is 18.0. The van der Waals surface area contributed by atoms with Crippen molar-refractivity contribution in [1.29, 1.82) is 0 Å². The lowest BCUT2D eigenvalue weighted by Gasteiger charge is -2.08. The number of benzene rings is 2. The number of para-hydroxylation sites is 1. The van der Waals surface area contributed by atoms with E-state index in [1.165, 1.54) is 0 Å². The van der Waals surface area contributed by atoms with Crippen LogP contribution >= 0.6 is 0 Å². The van der Waals surface area contributed by atoms with Crippen molar-refractivity contribution in [2.24, 2.45) is 0 Å². The first-order chi connectivity index (χ1) is 12.0. The van der Waals surface area contributed by atoms with E-state index in [2.05, 4.69) is 15.6 Å². The normalized spacial score (nSPS) is 10.7. The van der Waals surface area contributed by atoms with Gasteiger partial charge < -0.3 is 15.6 Å². The van der Waals surface area contributed by atoms with Crippen molar-refractivity contribution in [3.63, 3.8) is 0 Å². The van der Waals surface area contributed by atoms with E-state index in [0.29, 0.717) is 17.7 Å². The van der Waals surface area contributed by atoms with Gasteiger partial charge in [0.2, 0.25) is 5.91 Å². The van der Waals surface area contributed by atoms with E-state index in [1.54, 1.807) is 7.05 Å². The number of fused-ring (bicyclic) bond motifs is 1. The molecule has 2 amide bonds. The number of carbonyl (C=O) groups is 2. The maximum Gasteiger partial charge on any atom is 0.257 e. The Kier molecular flexibility index (Phi) is 4.57. The summed E-state index contributed by atoms with van der Waals surface area (Å²) >= 11 is 0. The van der Waals surface area contributed by atoms with E-state index in [4.69, 9.17) is 0 Å². The average Bonchev–Trinajstić information content (AvgIpc) is 2.91.